The molecule has 0 aliphatic heterocycles. The molecule has 23 heavy (non-hydrogen) atoms. The van der Waals surface area contributed by atoms with Gasteiger partial charge in [0, 0.05) is 16.9 Å². The Hall–Kier alpha value is -1.79. The van der Waals surface area contributed by atoms with E-state index < -0.39 is 6.80 Å². The molecule has 8 heteroatoms. The van der Waals surface area contributed by atoms with Gasteiger partial charge in [0.05, 0.1) is 0 Å². The molecule has 2 rings (SSSR count). The van der Waals surface area contributed by atoms with Crippen LogP contribution in [0.3, 0.4) is 0 Å². The van der Waals surface area contributed by atoms with Gasteiger partial charge in [-0.25, -0.2) is 4.57 Å². The van der Waals surface area contributed by atoms with Crippen molar-refractivity contribution in [3.63, 3.8) is 0 Å². The number of hydrogen-bond acceptors (Lipinski definition) is 5. The summed E-state index contributed by atoms with van der Waals surface area (Å²) in [6.45, 7) is -4.43. The predicted octanol–water partition coefficient (Wildman–Crippen LogP) is 3.10. The zero-order valence-corrected chi connectivity index (χ0v) is 13.6. The van der Waals surface area contributed by atoms with Gasteiger partial charge in [-0.3, -0.25) is 4.79 Å². The lowest BCUT2D eigenvalue weighted by atomic mass is 10.0. The van der Waals surface area contributed by atoms with Crippen molar-refractivity contribution in [3.05, 3.63) is 53.6 Å². The number of benzene rings is 2. The summed E-state index contributed by atoms with van der Waals surface area (Å²) in [6, 6.07) is 10.3. The van der Waals surface area contributed by atoms with Gasteiger partial charge in [0.15, 0.2) is 5.78 Å². The molecule has 0 aromatic heterocycles. The van der Waals surface area contributed by atoms with E-state index in [4.69, 9.17) is 9.79 Å². The zero-order chi connectivity index (χ0) is 17.0. The highest BCUT2D eigenvalue weighted by molar-refractivity contribution is 8.54. The number of carbonyl (C=O) groups is 1. The fraction of sp³-hybridized carbons (Fsp3) is 0.133. The lowest BCUT2D eigenvalue weighted by Gasteiger charge is -2.10. The Balaban J connectivity index is 2.15. The molecule has 4 N–H and O–H groups in total. The Bertz CT molecular complexity index is 753. The summed E-state index contributed by atoms with van der Waals surface area (Å²) in [4.78, 5) is 30.5. The number of phenols is 2. The van der Waals surface area contributed by atoms with Gasteiger partial charge in [-0.15, -0.1) is 0 Å². The third kappa shape index (κ3) is 5.41. The molecule has 0 saturated heterocycles. The van der Waals surface area contributed by atoms with Gasteiger partial charge in [0.1, 0.15) is 11.5 Å². The Morgan fingerprint density at radius 2 is 1.61 bits per heavy atom. The van der Waals surface area contributed by atoms with Gasteiger partial charge in [-0.05, 0) is 53.7 Å². The van der Waals surface area contributed by atoms with Crippen LogP contribution in [0.1, 0.15) is 22.3 Å². The molecule has 0 amide bonds. The standard InChI is InChI=1S/C15H15O6PS/c16-11-4-1-10(2-5-11)3-8-14(18)13-7-6-12(17)9-15(13)23-22(19,20)21/h1-2,4-7,9,16-17H,3,8H2,(H2,19,20,21). The van der Waals surface area contributed by atoms with Gasteiger partial charge in [0.25, 0.3) is 0 Å². The molecular weight excluding hydrogens is 339 g/mol. The second-order valence-electron chi connectivity index (χ2n) is 4.85. The van der Waals surface area contributed by atoms with E-state index in [0.717, 1.165) is 11.6 Å². The molecule has 2 aromatic carbocycles. The summed E-state index contributed by atoms with van der Waals surface area (Å²) in [5.74, 6) is -0.316. The highest BCUT2D eigenvalue weighted by Crippen LogP contribution is 2.55. The van der Waals surface area contributed by atoms with E-state index in [-0.39, 0.29) is 45.5 Å². The molecule has 0 heterocycles. The van der Waals surface area contributed by atoms with Crippen molar-refractivity contribution in [2.45, 2.75) is 17.7 Å². The molecule has 0 bridgehead atoms. The predicted molar refractivity (Wildman–Crippen MR) is 86.8 cm³/mol. The number of hydrogen-bond donors (Lipinski definition) is 4. The van der Waals surface area contributed by atoms with Crippen molar-refractivity contribution in [1.82, 2.24) is 0 Å². The largest absolute Gasteiger partial charge is 0.508 e. The molecule has 0 unspecified atom stereocenters. The zero-order valence-electron chi connectivity index (χ0n) is 11.9. The van der Waals surface area contributed by atoms with Crippen LogP contribution in [0.5, 0.6) is 11.5 Å². The van der Waals surface area contributed by atoms with E-state index in [9.17, 15) is 19.6 Å². The van der Waals surface area contributed by atoms with Crippen molar-refractivity contribution in [2.24, 2.45) is 0 Å². The topological polar surface area (TPSA) is 115 Å². The fourth-order valence-corrected chi connectivity index (χ4v) is 3.93. The van der Waals surface area contributed by atoms with E-state index in [1.165, 1.54) is 24.3 Å². The monoisotopic (exact) mass is 354 g/mol. The van der Waals surface area contributed by atoms with Crippen molar-refractivity contribution in [3.8, 4) is 11.5 Å². The number of Topliss-reactive ketones (excluding diaryl/α,β-unsaturated/α-hetero) is 1. The number of ketones is 1. The van der Waals surface area contributed by atoms with Crippen LogP contribution in [0.2, 0.25) is 0 Å². The van der Waals surface area contributed by atoms with Crippen LogP contribution >= 0.6 is 18.2 Å². The van der Waals surface area contributed by atoms with Crippen LogP contribution in [0.25, 0.3) is 0 Å². The second kappa shape index (κ2) is 7.19. The number of aryl methyl sites for hydroxylation is 1. The molecule has 0 aliphatic rings. The highest BCUT2D eigenvalue weighted by Gasteiger charge is 2.21. The van der Waals surface area contributed by atoms with Gasteiger partial charge >= 0.3 is 6.80 Å². The summed E-state index contributed by atoms with van der Waals surface area (Å²) in [6.07, 6.45) is 0.574. The van der Waals surface area contributed by atoms with Crippen LogP contribution in [0, 0.1) is 0 Å². The number of rotatable bonds is 6. The van der Waals surface area contributed by atoms with Gasteiger partial charge in [0.2, 0.25) is 0 Å². The molecule has 0 atom stereocenters. The first-order valence-corrected chi connectivity index (χ1v) is 9.67. The average molecular weight is 354 g/mol. The molecule has 0 spiro atoms. The third-order valence-corrected chi connectivity index (χ3v) is 5.14. The minimum absolute atomic E-state index is 0.0500. The molecule has 0 radical (unpaired) electrons. The summed E-state index contributed by atoms with van der Waals surface area (Å²) >= 11 is 0.246. The fourth-order valence-electron chi connectivity index (χ4n) is 2.00. The molecule has 0 saturated carbocycles. The quantitative estimate of drug-likeness (QED) is 0.465. The summed E-state index contributed by atoms with van der Waals surface area (Å²) in [5.41, 5.74) is 1.02. The Kier molecular flexibility index (Phi) is 5.49. The maximum Gasteiger partial charge on any atom is 0.388 e. The summed E-state index contributed by atoms with van der Waals surface area (Å²) in [5, 5.41) is 18.7. The normalized spacial score (nSPS) is 11.4. The van der Waals surface area contributed by atoms with Gasteiger partial charge in [-0.1, -0.05) is 12.1 Å². The van der Waals surface area contributed by atoms with Crippen LogP contribution in [0.15, 0.2) is 47.4 Å². The van der Waals surface area contributed by atoms with Crippen LogP contribution in [-0.4, -0.2) is 25.8 Å². The first-order valence-electron chi connectivity index (χ1n) is 6.64. The minimum atomic E-state index is -4.43. The first kappa shape index (κ1) is 17.6. The van der Waals surface area contributed by atoms with E-state index in [1.807, 2.05) is 0 Å². The maximum absolute atomic E-state index is 12.3. The second-order valence-corrected chi connectivity index (χ2v) is 8.43. The van der Waals surface area contributed by atoms with E-state index in [2.05, 4.69) is 0 Å². The lowest BCUT2D eigenvalue weighted by molar-refractivity contribution is 0.0980. The van der Waals surface area contributed by atoms with Crippen LogP contribution < -0.4 is 0 Å². The lowest BCUT2D eigenvalue weighted by Crippen LogP contribution is -2.03. The first-order chi connectivity index (χ1) is 10.7. The van der Waals surface area contributed by atoms with Crippen molar-refractivity contribution >= 4 is 24.0 Å². The number of phenolic OH excluding ortho intramolecular Hbond substituents is 2. The molecule has 0 aliphatic carbocycles. The summed E-state index contributed by atoms with van der Waals surface area (Å²) in [7, 11) is 0. The highest BCUT2D eigenvalue weighted by atomic mass is 32.7. The Morgan fingerprint density at radius 1 is 1.00 bits per heavy atom. The van der Waals surface area contributed by atoms with E-state index in [0.29, 0.717) is 6.42 Å². The summed E-state index contributed by atoms with van der Waals surface area (Å²) < 4.78 is 11.1. The number of carbonyl (C=O) groups excluding carboxylic acids is 1. The molecule has 0 fully saturated rings. The molecule has 122 valence electrons. The van der Waals surface area contributed by atoms with E-state index >= 15 is 0 Å². The van der Waals surface area contributed by atoms with Crippen LogP contribution in [-0.2, 0) is 11.0 Å². The Morgan fingerprint density at radius 3 is 2.22 bits per heavy atom. The van der Waals surface area contributed by atoms with E-state index in [1.54, 1.807) is 12.1 Å². The maximum atomic E-state index is 12.3. The van der Waals surface area contributed by atoms with Gasteiger partial charge in [-0.2, -0.15) is 0 Å². The third-order valence-electron chi connectivity index (χ3n) is 3.06. The van der Waals surface area contributed by atoms with Crippen molar-refractivity contribution < 1.29 is 29.4 Å². The SMILES string of the molecule is O=C(CCc1ccc(O)cc1)c1ccc(O)cc1SP(=O)(O)O. The van der Waals surface area contributed by atoms with Crippen LogP contribution in [0.4, 0.5) is 0 Å². The van der Waals surface area contributed by atoms with Crippen molar-refractivity contribution in [1.29, 1.82) is 0 Å². The molecule has 2 aromatic rings. The Labute approximate surface area is 136 Å². The average Bonchev–Trinajstić information content (AvgIpc) is 2.45. The van der Waals surface area contributed by atoms with Crippen molar-refractivity contribution in [2.75, 3.05) is 0 Å². The molecular formula is C15H15O6PS. The smallest absolute Gasteiger partial charge is 0.388 e. The van der Waals surface area contributed by atoms with Gasteiger partial charge < -0.3 is 20.0 Å². The molecule has 6 nitrogen and oxygen atoms in total. The number of aromatic hydroxyl groups is 2. The minimum Gasteiger partial charge on any atom is -0.508 e.